The van der Waals surface area contributed by atoms with Gasteiger partial charge in [0.25, 0.3) is 0 Å². The van der Waals surface area contributed by atoms with E-state index in [0.717, 1.165) is 31.4 Å². The molecule has 2 amide bonds. The molecule has 1 aromatic rings. The van der Waals surface area contributed by atoms with Crippen LogP contribution in [0.5, 0.6) is 0 Å². The number of hydrogen-bond acceptors (Lipinski definition) is 3. The summed E-state index contributed by atoms with van der Waals surface area (Å²) in [5.74, 6) is -0.0865. The highest BCUT2D eigenvalue weighted by molar-refractivity contribution is 5.86. The number of benzene rings is 1. The fourth-order valence-electron chi connectivity index (χ4n) is 3.99. The summed E-state index contributed by atoms with van der Waals surface area (Å²) in [4.78, 5) is 30.9. The van der Waals surface area contributed by atoms with Crippen molar-refractivity contribution >= 4 is 11.8 Å². The van der Waals surface area contributed by atoms with Gasteiger partial charge >= 0.3 is 0 Å². The topological polar surface area (TPSA) is 43.9 Å². The summed E-state index contributed by atoms with van der Waals surface area (Å²) in [6.07, 6.45) is 2.46. The molecule has 0 saturated carbocycles. The third-order valence-electron chi connectivity index (χ3n) is 5.24. The van der Waals surface area contributed by atoms with Crippen LogP contribution in [0.1, 0.15) is 24.8 Å². The predicted octanol–water partition coefficient (Wildman–Crippen LogP) is 1.73. The SMILES string of the molecule is CN(C)CC(=O)N1CCCC2(CCN(Cc3cccc(F)c3)C2=O)C1. The first kappa shape index (κ1) is 17.9. The third kappa shape index (κ3) is 3.84. The number of halogens is 1. The van der Waals surface area contributed by atoms with Gasteiger partial charge in [0.15, 0.2) is 0 Å². The largest absolute Gasteiger partial charge is 0.341 e. The Hall–Kier alpha value is -1.95. The number of nitrogens with zero attached hydrogens (tertiary/aromatic N) is 3. The number of likely N-dealkylation sites (N-methyl/N-ethyl adjacent to an activating group) is 1. The minimum Gasteiger partial charge on any atom is -0.341 e. The maximum atomic E-state index is 13.4. The normalized spacial score (nSPS) is 23.8. The van der Waals surface area contributed by atoms with E-state index in [4.69, 9.17) is 0 Å². The fourth-order valence-corrected chi connectivity index (χ4v) is 3.99. The third-order valence-corrected chi connectivity index (χ3v) is 5.24. The Balaban J connectivity index is 1.68. The minimum atomic E-state index is -0.451. The van der Waals surface area contributed by atoms with Gasteiger partial charge in [-0.3, -0.25) is 9.59 Å². The first-order valence-electron chi connectivity index (χ1n) is 8.86. The summed E-state index contributed by atoms with van der Waals surface area (Å²) in [7, 11) is 3.75. The summed E-state index contributed by atoms with van der Waals surface area (Å²) in [6.45, 7) is 2.72. The molecule has 3 rings (SSSR count). The smallest absolute Gasteiger partial charge is 0.236 e. The second-order valence-electron chi connectivity index (χ2n) is 7.54. The zero-order chi connectivity index (χ0) is 18.0. The van der Waals surface area contributed by atoms with Crippen molar-refractivity contribution in [3.63, 3.8) is 0 Å². The summed E-state index contributed by atoms with van der Waals surface area (Å²) >= 11 is 0. The number of likely N-dealkylation sites (tertiary alicyclic amines) is 2. The van der Waals surface area contributed by atoms with Crippen LogP contribution in [-0.4, -0.2) is 66.8 Å². The lowest BCUT2D eigenvalue weighted by Crippen LogP contribution is -2.51. The maximum absolute atomic E-state index is 13.4. The molecule has 0 bridgehead atoms. The number of carbonyl (C=O) groups excluding carboxylic acids is 2. The van der Waals surface area contributed by atoms with E-state index in [1.807, 2.05) is 34.9 Å². The Bertz CT molecular complexity index is 664. The maximum Gasteiger partial charge on any atom is 0.236 e. The van der Waals surface area contributed by atoms with Crippen molar-refractivity contribution in [3.05, 3.63) is 35.6 Å². The molecule has 2 heterocycles. The molecule has 0 aromatic heterocycles. The van der Waals surface area contributed by atoms with Crippen molar-refractivity contribution in [1.29, 1.82) is 0 Å². The van der Waals surface area contributed by atoms with E-state index in [9.17, 15) is 14.0 Å². The van der Waals surface area contributed by atoms with Gasteiger partial charge in [-0.25, -0.2) is 4.39 Å². The zero-order valence-electron chi connectivity index (χ0n) is 15.0. The van der Waals surface area contributed by atoms with Gasteiger partial charge in [-0.2, -0.15) is 0 Å². The molecule has 0 aliphatic carbocycles. The Labute approximate surface area is 148 Å². The number of amides is 2. The second kappa shape index (κ2) is 7.12. The minimum absolute atomic E-state index is 0.0838. The summed E-state index contributed by atoms with van der Waals surface area (Å²) in [5.41, 5.74) is 0.356. The molecular weight excluding hydrogens is 321 g/mol. The Morgan fingerprint density at radius 2 is 2.08 bits per heavy atom. The first-order valence-corrected chi connectivity index (χ1v) is 8.86. The van der Waals surface area contributed by atoms with Gasteiger partial charge in [0.05, 0.1) is 12.0 Å². The van der Waals surface area contributed by atoms with Crippen LogP contribution in [0.2, 0.25) is 0 Å². The summed E-state index contributed by atoms with van der Waals surface area (Å²) in [5, 5.41) is 0. The molecule has 0 N–H and O–H groups in total. The average molecular weight is 347 g/mol. The molecule has 6 heteroatoms. The van der Waals surface area contributed by atoms with Crippen molar-refractivity contribution < 1.29 is 14.0 Å². The molecule has 0 radical (unpaired) electrons. The molecule has 136 valence electrons. The molecule has 1 aromatic carbocycles. The zero-order valence-corrected chi connectivity index (χ0v) is 15.0. The molecule has 1 atom stereocenters. The molecular formula is C19H26FN3O2. The number of hydrogen-bond donors (Lipinski definition) is 0. The highest BCUT2D eigenvalue weighted by atomic mass is 19.1. The number of piperidine rings is 1. The van der Waals surface area contributed by atoms with E-state index in [2.05, 4.69) is 0 Å². The van der Waals surface area contributed by atoms with Gasteiger partial charge in [-0.15, -0.1) is 0 Å². The van der Waals surface area contributed by atoms with Crippen molar-refractivity contribution in [2.24, 2.45) is 5.41 Å². The van der Waals surface area contributed by atoms with Gasteiger partial charge in [-0.05, 0) is 51.1 Å². The Morgan fingerprint density at radius 3 is 2.80 bits per heavy atom. The van der Waals surface area contributed by atoms with Crippen LogP contribution in [0.3, 0.4) is 0 Å². The van der Waals surface area contributed by atoms with Crippen molar-refractivity contribution in [3.8, 4) is 0 Å². The van der Waals surface area contributed by atoms with Crippen LogP contribution < -0.4 is 0 Å². The van der Waals surface area contributed by atoms with Crippen LogP contribution in [0.4, 0.5) is 4.39 Å². The monoisotopic (exact) mass is 347 g/mol. The van der Waals surface area contributed by atoms with E-state index in [1.165, 1.54) is 12.1 Å². The quantitative estimate of drug-likeness (QED) is 0.833. The lowest BCUT2D eigenvalue weighted by Gasteiger charge is -2.39. The van der Waals surface area contributed by atoms with Gasteiger partial charge in [-0.1, -0.05) is 12.1 Å². The van der Waals surface area contributed by atoms with Gasteiger partial charge in [0, 0.05) is 26.2 Å². The van der Waals surface area contributed by atoms with E-state index < -0.39 is 5.41 Å². The number of carbonyl (C=O) groups is 2. The van der Waals surface area contributed by atoms with Crippen molar-refractivity contribution in [2.45, 2.75) is 25.8 Å². The molecule has 25 heavy (non-hydrogen) atoms. The Morgan fingerprint density at radius 1 is 1.28 bits per heavy atom. The molecule has 1 unspecified atom stereocenters. The molecule has 5 nitrogen and oxygen atoms in total. The first-order chi connectivity index (χ1) is 11.9. The van der Waals surface area contributed by atoms with Gasteiger partial charge in [0.2, 0.25) is 11.8 Å². The van der Waals surface area contributed by atoms with Gasteiger partial charge < -0.3 is 14.7 Å². The standard InChI is InChI=1S/C19H26FN3O2/c1-21(2)13-17(24)23-9-4-7-19(14-23)8-10-22(18(19)25)12-15-5-3-6-16(20)11-15/h3,5-6,11H,4,7-10,12-14H2,1-2H3. The van der Waals surface area contributed by atoms with Gasteiger partial charge in [0.1, 0.15) is 5.82 Å². The average Bonchev–Trinajstić information content (AvgIpc) is 2.84. The molecule has 2 fully saturated rings. The van der Waals surface area contributed by atoms with E-state index in [0.29, 0.717) is 26.2 Å². The van der Waals surface area contributed by atoms with Crippen molar-refractivity contribution in [1.82, 2.24) is 14.7 Å². The fraction of sp³-hybridized carbons (Fsp3) is 0.579. The van der Waals surface area contributed by atoms with Crippen LogP contribution in [0.15, 0.2) is 24.3 Å². The molecule has 2 aliphatic heterocycles. The molecule has 2 saturated heterocycles. The second-order valence-corrected chi connectivity index (χ2v) is 7.54. The van der Waals surface area contributed by atoms with Crippen molar-refractivity contribution in [2.75, 3.05) is 40.3 Å². The summed E-state index contributed by atoms with van der Waals surface area (Å²) in [6, 6.07) is 6.40. The van der Waals surface area contributed by atoms with E-state index >= 15 is 0 Å². The summed E-state index contributed by atoms with van der Waals surface area (Å²) < 4.78 is 13.4. The van der Waals surface area contributed by atoms with E-state index in [-0.39, 0.29) is 17.6 Å². The lowest BCUT2D eigenvalue weighted by atomic mass is 9.78. The van der Waals surface area contributed by atoms with Crippen LogP contribution in [-0.2, 0) is 16.1 Å². The highest BCUT2D eigenvalue weighted by Crippen LogP contribution is 2.40. The molecule has 2 aliphatic rings. The predicted molar refractivity (Wildman–Crippen MR) is 93.2 cm³/mol. The number of rotatable bonds is 4. The van der Waals surface area contributed by atoms with Crippen LogP contribution in [0, 0.1) is 11.2 Å². The Kier molecular flexibility index (Phi) is 5.08. The van der Waals surface area contributed by atoms with Crippen LogP contribution in [0.25, 0.3) is 0 Å². The molecule has 1 spiro atoms. The highest BCUT2D eigenvalue weighted by Gasteiger charge is 2.49. The van der Waals surface area contributed by atoms with Crippen LogP contribution >= 0.6 is 0 Å². The lowest BCUT2D eigenvalue weighted by molar-refractivity contribution is -0.144. The van der Waals surface area contributed by atoms with E-state index in [1.54, 1.807) is 6.07 Å².